The molecule has 0 fully saturated rings. The summed E-state index contributed by atoms with van der Waals surface area (Å²) in [5, 5.41) is 7.36. The molecule has 4 aromatic rings. The molecule has 7 heteroatoms. The van der Waals surface area contributed by atoms with Crippen LogP contribution in [0.15, 0.2) is 66.7 Å². The van der Waals surface area contributed by atoms with E-state index in [0.717, 1.165) is 20.8 Å². The Bertz CT molecular complexity index is 1090. The monoisotopic (exact) mass is 413 g/mol. The summed E-state index contributed by atoms with van der Waals surface area (Å²) in [4.78, 5) is 17.1. The van der Waals surface area contributed by atoms with Crippen LogP contribution in [0, 0.1) is 0 Å². The molecular weight excluding hydrogens is 401 g/mol. The predicted octanol–water partition coefficient (Wildman–Crippen LogP) is 6.91. The van der Waals surface area contributed by atoms with Gasteiger partial charge in [-0.25, -0.2) is 9.78 Å². The predicted molar refractivity (Wildman–Crippen MR) is 114 cm³/mol. The number of halogens is 2. The average molecular weight is 414 g/mol. The van der Waals surface area contributed by atoms with E-state index in [4.69, 9.17) is 23.2 Å². The van der Waals surface area contributed by atoms with Crippen LogP contribution in [-0.4, -0.2) is 11.0 Å². The molecule has 2 amide bonds. The van der Waals surface area contributed by atoms with Crippen LogP contribution >= 0.6 is 34.5 Å². The molecule has 2 N–H and O–H groups in total. The first-order valence-corrected chi connectivity index (χ1v) is 9.65. The van der Waals surface area contributed by atoms with E-state index in [1.165, 1.54) is 0 Å². The van der Waals surface area contributed by atoms with Gasteiger partial charge in [-0.3, -0.25) is 0 Å². The van der Waals surface area contributed by atoms with Crippen molar-refractivity contribution in [3.05, 3.63) is 76.8 Å². The van der Waals surface area contributed by atoms with Crippen molar-refractivity contribution in [3.8, 4) is 10.6 Å². The largest absolute Gasteiger partial charge is 0.323 e. The van der Waals surface area contributed by atoms with Crippen molar-refractivity contribution in [1.82, 2.24) is 4.98 Å². The lowest BCUT2D eigenvalue weighted by atomic mass is 10.2. The van der Waals surface area contributed by atoms with Gasteiger partial charge < -0.3 is 10.6 Å². The van der Waals surface area contributed by atoms with Gasteiger partial charge in [0, 0.05) is 21.3 Å². The second-order valence-electron chi connectivity index (χ2n) is 5.77. The van der Waals surface area contributed by atoms with Crippen molar-refractivity contribution in [2.24, 2.45) is 0 Å². The number of benzene rings is 3. The average Bonchev–Trinajstić information content (AvgIpc) is 3.05. The number of nitrogens with zero attached hydrogens (tertiary/aromatic N) is 1. The van der Waals surface area contributed by atoms with Crippen LogP contribution in [0.3, 0.4) is 0 Å². The molecule has 27 heavy (non-hydrogen) atoms. The van der Waals surface area contributed by atoms with Gasteiger partial charge in [-0.2, -0.15) is 0 Å². The maximum absolute atomic E-state index is 12.4. The molecular formula is C20H13Cl2N3OS. The van der Waals surface area contributed by atoms with E-state index in [-0.39, 0.29) is 6.03 Å². The third-order valence-corrected chi connectivity index (χ3v) is 5.33. The smallest absolute Gasteiger partial charge is 0.308 e. The number of aromatic nitrogens is 1. The number of nitrogens with one attached hydrogen (secondary N) is 2. The molecule has 0 saturated carbocycles. The Morgan fingerprint density at radius 1 is 0.889 bits per heavy atom. The fourth-order valence-electron chi connectivity index (χ4n) is 2.68. The molecule has 1 heterocycles. The Kier molecular flexibility index (Phi) is 4.99. The summed E-state index contributed by atoms with van der Waals surface area (Å²) < 4.78 is 1.10. The lowest BCUT2D eigenvalue weighted by Gasteiger charge is -2.11. The van der Waals surface area contributed by atoms with Gasteiger partial charge in [0.05, 0.1) is 15.9 Å². The number of amides is 2. The maximum atomic E-state index is 12.4. The molecule has 0 aliphatic carbocycles. The van der Waals surface area contributed by atoms with Crippen molar-refractivity contribution >= 4 is 62.2 Å². The molecule has 4 nitrogen and oxygen atoms in total. The number of para-hydroxylation sites is 2. The van der Waals surface area contributed by atoms with Gasteiger partial charge in [0.1, 0.15) is 5.01 Å². The zero-order valence-corrected chi connectivity index (χ0v) is 16.2. The number of carbonyl (C=O) groups is 1. The first-order valence-electron chi connectivity index (χ1n) is 8.07. The number of carbonyl (C=O) groups excluding carboxylic acids is 1. The SMILES string of the molecule is O=C(Nc1cc(Cl)cc(Cl)c1)Nc1ccccc1-c1nc2ccccc2s1. The standard InChI is InChI=1S/C20H13Cl2N3OS/c21-12-9-13(22)11-14(10-12)23-20(26)25-16-6-2-1-5-15(16)19-24-17-7-3-4-8-18(17)27-19/h1-11H,(H2,23,25,26). The zero-order valence-electron chi connectivity index (χ0n) is 13.9. The molecule has 0 atom stereocenters. The highest BCUT2D eigenvalue weighted by Gasteiger charge is 2.12. The Labute approximate surface area is 169 Å². The number of hydrogen-bond donors (Lipinski definition) is 2. The van der Waals surface area contributed by atoms with E-state index < -0.39 is 0 Å². The highest BCUT2D eigenvalue weighted by Crippen LogP contribution is 2.34. The lowest BCUT2D eigenvalue weighted by molar-refractivity contribution is 0.262. The fraction of sp³-hybridized carbons (Fsp3) is 0. The zero-order chi connectivity index (χ0) is 18.8. The van der Waals surface area contributed by atoms with Gasteiger partial charge in [-0.15, -0.1) is 11.3 Å². The second kappa shape index (κ2) is 7.56. The van der Waals surface area contributed by atoms with Crippen LogP contribution in [0.25, 0.3) is 20.8 Å². The van der Waals surface area contributed by atoms with E-state index in [9.17, 15) is 4.79 Å². The van der Waals surface area contributed by atoms with E-state index in [0.29, 0.717) is 21.4 Å². The summed E-state index contributed by atoms with van der Waals surface area (Å²) in [6.45, 7) is 0. The first-order chi connectivity index (χ1) is 13.1. The fourth-order valence-corrected chi connectivity index (χ4v) is 4.21. The van der Waals surface area contributed by atoms with Crippen LogP contribution < -0.4 is 10.6 Å². The van der Waals surface area contributed by atoms with Gasteiger partial charge in [-0.1, -0.05) is 47.5 Å². The molecule has 134 valence electrons. The molecule has 0 spiro atoms. The van der Waals surface area contributed by atoms with Crippen molar-refractivity contribution in [1.29, 1.82) is 0 Å². The summed E-state index contributed by atoms with van der Waals surface area (Å²) in [6.07, 6.45) is 0. The molecule has 0 saturated heterocycles. The molecule has 0 bridgehead atoms. The number of anilines is 2. The van der Waals surface area contributed by atoms with Gasteiger partial charge in [0.25, 0.3) is 0 Å². The minimum atomic E-state index is -0.387. The molecule has 0 aliphatic heterocycles. The highest BCUT2D eigenvalue weighted by molar-refractivity contribution is 7.21. The van der Waals surface area contributed by atoms with Crippen LogP contribution in [0.4, 0.5) is 16.2 Å². The minimum Gasteiger partial charge on any atom is -0.308 e. The molecule has 0 unspecified atom stereocenters. The number of rotatable bonds is 3. The van der Waals surface area contributed by atoms with Crippen molar-refractivity contribution in [2.45, 2.75) is 0 Å². The number of hydrogen-bond acceptors (Lipinski definition) is 3. The van der Waals surface area contributed by atoms with E-state index in [2.05, 4.69) is 15.6 Å². The highest BCUT2D eigenvalue weighted by atomic mass is 35.5. The normalized spacial score (nSPS) is 10.7. The number of fused-ring (bicyclic) bond motifs is 1. The summed E-state index contributed by atoms with van der Waals surface area (Å²) in [7, 11) is 0. The Morgan fingerprint density at radius 2 is 1.59 bits per heavy atom. The molecule has 1 aromatic heterocycles. The second-order valence-corrected chi connectivity index (χ2v) is 7.67. The topological polar surface area (TPSA) is 54.0 Å². The number of thiazole rings is 1. The molecule has 0 aliphatic rings. The molecule has 4 rings (SSSR count). The van der Waals surface area contributed by atoms with Crippen LogP contribution in [-0.2, 0) is 0 Å². The first kappa shape index (κ1) is 17.8. The lowest BCUT2D eigenvalue weighted by Crippen LogP contribution is -2.19. The van der Waals surface area contributed by atoms with Gasteiger partial charge in [0.2, 0.25) is 0 Å². The van der Waals surface area contributed by atoms with Crippen LogP contribution in [0.5, 0.6) is 0 Å². The quantitative estimate of drug-likeness (QED) is 0.383. The minimum absolute atomic E-state index is 0.387. The van der Waals surface area contributed by atoms with Crippen molar-refractivity contribution in [2.75, 3.05) is 10.6 Å². The van der Waals surface area contributed by atoms with E-state index >= 15 is 0 Å². The Morgan fingerprint density at radius 3 is 2.37 bits per heavy atom. The van der Waals surface area contributed by atoms with Gasteiger partial charge in [-0.05, 0) is 42.5 Å². The third-order valence-electron chi connectivity index (χ3n) is 3.82. The van der Waals surface area contributed by atoms with Gasteiger partial charge in [0.15, 0.2) is 0 Å². The maximum Gasteiger partial charge on any atom is 0.323 e. The van der Waals surface area contributed by atoms with Crippen LogP contribution in [0.2, 0.25) is 10.0 Å². The van der Waals surface area contributed by atoms with E-state index in [1.807, 2.05) is 48.5 Å². The molecule has 0 radical (unpaired) electrons. The van der Waals surface area contributed by atoms with Crippen molar-refractivity contribution in [3.63, 3.8) is 0 Å². The summed E-state index contributed by atoms with van der Waals surface area (Å²) >= 11 is 13.5. The van der Waals surface area contributed by atoms with Crippen LogP contribution in [0.1, 0.15) is 0 Å². The Balaban J connectivity index is 1.60. The summed E-state index contributed by atoms with van der Waals surface area (Å²) in [5.41, 5.74) is 2.98. The van der Waals surface area contributed by atoms with E-state index in [1.54, 1.807) is 29.5 Å². The third kappa shape index (κ3) is 4.06. The number of urea groups is 1. The Hall–Kier alpha value is -2.60. The van der Waals surface area contributed by atoms with Gasteiger partial charge >= 0.3 is 6.03 Å². The molecule has 3 aromatic carbocycles. The summed E-state index contributed by atoms with van der Waals surface area (Å²) in [5.74, 6) is 0. The van der Waals surface area contributed by atoms with Crippen molar-refractivity contribution < 1.29 is 4.79 Å². The summed E-state index contributed by atoms with van der Waals surface area (Å²) in [6, 6.07) is 20.0.